The Balaban J connectivity index is 1.60. The molecule has 0 amide bonds. The number of benzene rings is 1. The molecule has 0 aliphatic carbocycles. The highest BCUT2D eigenvalue weighted by atomic mass is 19.1. The molecule has 128 valence electrons. The van der Waals surface area contributed by atoms with Gasteiger partial charge in [0.1, 0.15) is 5.82 Å². The molecule has 0 radical (unpaired) electrons. The highest BCUT2D eigenvalue weighted by molar-refractivity contribution is 5.27. The Hall–Kier alpha value is -1.79. The number of nitrogens with zero attached hydrogens (tertiary/aromatic N) is 3. The molecule has 1 aromatic heterocycles. The lowest BCUT2D eigenvalue weighted by atomic mass is 9.74. The van der Waals surface area contributed by atoms with Crippen LogP contribution in [-0.2, 0) is 21.4 Å². The topological polar surface area (TPSA) is 49.2 Å². The van der Waals surface area contributed by atoms with E-state index in [4.69, 9.17) is 9.47 Å². The average molecular weight is 331 g/mol. The minimum atomic E-state index is -0.194. The monoisotopic (exact) mass is 331 g/mol. The lowest BCUT2D eigenvalue weighted by Crippen LogP contribution is -2.38. The molecule has 1 unspecified atom stereocenters. The zero-order valence-electron chi connectivity index (χ0n) is 13.7. The maximum atomic E-state index is 13.8. The van der Waals surface area contributed by atoms with Crippen molar-refractivity contribution in [2.75, 3.05) is 26.4 Å². The van der Waals surface area contributed by atoms with E-state index in [-0.39, 0.29) is 11.2 Å². The third kappa shape index (κ3) is 3.08. The van der Waals surface area contributed by atoms with E-state index < -0.39 is 0 Å². The first-order valence-corrected chi connectivity index (χ1v) is 8.57. The zero-order chi connectivity index (χ0) is 16.4. The van der Waals surface area contributed by atoms with E-state index in [9.17, 15) is 4.39 Å². The van der Waals surface area contributed by atoms with Crippen LogP contribution >= 0.6 is 0 Å². The van der Waals surface area contributed by atoms with Crippen LogP contribution in [0.25, 0.3) is 0 Å². The van der Waals surface area contributed by atoms with Crippen molar-refractivity contribution in [3.8, 4) is 0 Å². The quantitative estimate of drug-likeness (QED) is 0.864. The maximum Gasteiger partial charge on any atom is 0.123 e. The second-order valence-electron chi connectivity index (χ2n) is 6.80. The summed E-state index contributed by atoms with van der Waals surface area (Å²) >= 11 is 0. The van der Waals surface area contributed by atoms with Gasteiger partial charge < -0.3 is 9.47 Å². The predicted molar refractivity (Wildman–Crippen MR) is 86.3 cm³/mol. The highest BCUT2D eigenvalue weighted by Crippen LogP contribution is 2.37. The van der Waals surface area contributed by atoms with E-state index in [1.807, 2.05) is 16.9 Å². The Bertz CT molecular complexity index is 691. The fraction of sp³-hybridized carbons (Fsp3) is 0.556. The zero-order valence-corrected chi connectivity index (χ0v) is 13.7. The summed E-state index contributed by atoms with van der Waals surface area (Å²) in [5.41, 5.74) is 1.86. The van der Waals surface area contributed by atoms with Crippen LogP contribution in [0, 0.1) is 5.82 Å². The molecule has 2 aliphatic rings. The van der Waals surface area contributed by atoms with Crippen molar-refractivity contribution in [1.82, 2.24) is 15.0 Å². The second-order valence-corrected chi connectivity index (χ2v) is 6.80. The van der Waals surface area contributed by atoms with Crippen LogP contribution in [0.5, 0.6) is 0 Å². The molecule has 0 bridgehead atoms. The summed E-state index contributed by atoms with van der Waals surface area (Å²) in [4.78, 5) is 0. The van der Waals surface area contributed by atoms with Crippen LogP contribution in [0.15, 0.2) is 30.5 Å². The van der Waals surface area contributed by atoms with Gasteiger partial charge in [0.25, 0.3) is 0 Å². The largest absolute Gasteiger partial charge is 0.381 e. The van der Waals surface area contributed by atoms with E-state index in [0.29, 0.717) is 25.7 Å². The number of rotatable bonds is 4. The van der Waals surface area contributed by atoms with Gasteiger partial charge in [-0.1, -0.05) is 17.3 Å². The fourth-order valence-electron chi connectivity index (χ4n) is 3.77. The third-order valence-electron chi connectivity index (χ3n) is 5.26. The minimum absolute atomic E-state index is 0.155. The van der Waals surface area contributed by atoms with Crippen LogP contribution < -0.4 is 0 Å². The van der Waals surface area contributed by atoms with Gasteiger partial charge in [0.2, 0.25) is 0 Å². The standard InChI is InChI=1S/C18H22FN3O2/c19-16-3-1-2-15(10-16)18(5-8-23-9-6-18)13-22-11-17(20-21-22)14-4-7-24-12-14/h1-3,10-11,14H,4-9,12-13H2. The number of hydrogen-bond acceptors (Lipinski definition) is 4. The fourth-order valence-corrected chi connectivity index (χ4v) is 3.77. The highest BCUT2D eigenvalue weighted by Gasteiger charge is 2.36. The van der Waals surface area contributed by atoms with Gasteiger partial charge in [0.15, 0.2) is 0 Å². The lowest BCUT2D eigenvalue weighted by Gasteiger charge is -2.37. The first kappa shape index (κ1) is 15.7. The molecule has 0 spiro atoms. The molecule has 24 heavy (non-hydrogen) atoms. The molecule has 1 aromatic carbocycles. The summed E-state index contributed by atoms with van der Waals surface area (Å²) in [5, 5.41) is 8.66. The van der Waals surface area contributed by atoms with Gasteiger partial charge in [-0.05, 0) is 37.0 Å². The molecule has 4 rings (SSSR count). The molecule has 1 atom stereocenters. The van der Waals surface area contributed by atoms with Crippen LogP contribution in [-0.4, -0.2) is 41.4 Å². The molecule has 6 heteroatoms. The number of hydrogen-bond donors (Lipinski definition) is 0. The summed E-state index contributed by atoms with van der Waals surface area (Å²) in [7, 11) is 0. The summed E-state index contributed by atoms with van der Waals surface area (Å²) in [6.45, 7) is 3.59. The molecule has 2 aromatic rings. The van der Waals surface area contributed by atoms with Gasteiger partial charge in [-0.2, -0.15) is 0 Å². The van der Waals surface area contributed by atoms with E-state index in [1.54, 1.807) is 12.1 Å². The molecule has 3 heterocycles. The van der Waals surface area contributed by atoms with Gasteiger partial charge in [-0.25, -0.2) is 4.39 Å². The van der Waals surface area contributed by atoms with Crippen LogP contribution in [0.4, 0.5) is 4.39 Å². The van der Waals surface area contributed by atoms with Gasteiger partial charge in [-0.3, -0.25) is 4.68 Å². The van der Waals surface area contributed by atoms with Crippen molar-refractivity contribution >= 4 is 0 Å². The Morgan fingerprint density at radius 3 is 2.83 bits per heavy atom. The van der Waals surface area contributed by atoms with Crippen molar-refractivity contribution in [3.63, 3.8) is 0 Å². The SMILES string of the molecule is Fc1cccc(C2(Cn3cc(C4CCOC4)nn3)CCOCC2)c1. The molecule has 2 saturated heterocycles. The molecule has 2 aliphatic heterocycles. The maximum absolute atomic E-state index is 13.8. The molecule has 0 N–H and O–H groups in total. The third-order valence-corrected chi connectivity index (χ3v) is 5.26. The Kier molecular flexibility index (Phi) is 4.33. The van der Waals surface area contributed by atoms with Crippen molar-refractivity contribution in [2.24, 2.45) is 0 Å². The first-order valence-electron chi connectivity index (χ1n) is 8.57. The molecule has 5 nitrogen and oxygen atoms in total. The normalized spacial score (nSPS) is 23.5. The number of ether oxygens (including phenoxy) is 2. The second kappa shape index (κ2) is 6.61. The van der Waals surface area contributed by atoms with Crippen molar-refractivity contribution in [2.45, 2.75) is 37.1 Å². The molecular weight excluding hydrogens is 309 g/mol. The number of aromatic nitrogens is 3. The van der Waals surface area contributed by atoms with E-state index in [0.717, 1.165) is 43.7 Å². The summed E-state index contributed by atoms with van der Waals surface area (Å²) in [5.74, 6) is 0.152. The van der Waals surface area contributed by atoms with Crippen molar-refractivity contribution in [3.05, 3.63) is 47.5 Å². The van der Waals surface area contributed by atoms with Gasteiger partial charge >= 0.3 is 0 Å². The molecule has 0 saturated carbocycles. The van der Waals surface area contributed by atoms with Gasteiger partial charge in [0.05, 0.1) is 18.8 Å². The van der Waals surface area contributed by atoms with Crippen LogP contribution in [0.1, 0.15) is 36.4 Å². The summed E-state index contributed by atoms with van der Waals surface area (Å²) in [6.07, 6.45) is 4.74. The minimum Gasteiger partial charge on any atom is -0.381 e. The van der Waals surface area contributed by atoms with Gasteiger partial charge in [0, 0.05) is 37.4 Å². The Morgan fingerprint density at radius 1 is 1.21 bits per heavy atom. The lowest BCUT2D eigenvalue weighted by molar-refractivity contribution is 0.0418. The first-order chi connectivity index (χ1) is 11.8. The Labute approximate surface area is 140 Å². The van der Waals surface area contributed by atoms with Crippen LogP contribution in [0.2, 0.25) is 0 Å². The van der Waals surface area contributed by atoms with Gasteiger partial charge in [-0.15, -0.1) is 5.10 Å². The van der Waals surface area contributed by atoms with E-state index in [2.05, 4.69) is 10.3 Å². The van der Waals surface area contributed by atoms with Crippen molar-refractivity contribution < 1.29 is 13.9 Å². The molecular formula is C18H22FN3O2. The molecule has 2 fully saturated rings. The van der Waals surface area contributed by atoms with E-state index >= 15 is 0 Å². The van der Waals surface area contributed by atoms with E-state index in [1.165, 1.54) is 6.07 Å². The predicted octanol–water partition coefficient (Wildman–Crippen LogP) is 2.67. The summed E-state index contributed by atoms with van der Waals surface area (Å²) in [6, 6.07) is 6.93. The van der Waals surface area contributed by atoms with Crippen LogP contribution in [0.3, 0.4) is 0 Å². The Morgan fingerprint density at radius 2 is 2.08 bits per heavy atom. The smallest absolute Gasteiger partial charge is 0.123 e. The average Bonchev–Trinajstić information content (AvgIpc) is 3.27. The summed E-state index contributed by atoms with van der Waals surface area (Å²) < 4.78 is 26.6. The van der Waals surface area contributed by atoms with Crippen molar-refractivity contribution in [1.29, 1.82) is 0 Å². The number of halogens is 1.